The minimum atomic E-state index is 0.786. The van der Waals surface area contributed by atoms with Gasteiger partial charge in [0.2, 0.25) is 0 Å². The molecule has 2 aromatic carbocycles. The van der Waals surface area contributed by atoms with Gasteiger partial charge < -0.3 is 11.1 Å². The third-order valence-corrected chi connectivity index (χ3v) is 2.50. The van der Waals surface area contributed by atoms with Crippen LogP contribution in [0.1, 0.15) is 11.1 Å². The van der Waals surface area contributed by atoms with Gasteiger partial charge in [0.1, 0.15) is 0 Å². The molecule has 2 aromatic rings. The maximum absolute atomic E-state index is 5.71. The van der Waals surface area contributed by atoms with Crippen molar-refractivity contribution >= 4 is 11.4 Å². The zero-order valence-electron chi connectivity index (χ0n) is 9.40. The van der Waals surface area contributed by atoms with E-state index in [1.54, 1.807) is 0 Å². The molecule has 0 fully saturated rings. The van der Waals surface area contributed by atoms with Crippen molar-refractivity contribution in [2.75, 3.05) is 11.1 Å². The van der Waals surface area contributed by atoms with Crippen LogP contribution in [0.4, 0.5) is 11.4 Å². The number of anilines is 2. The highest BCUT2D eigenvalue weighted by Crippen LogP contribution is 2.13. The van der Waals surface area contributed by atoms with Gasteiger partial charge in [-0.05, 0) is 30.7 Å². The molecular weight excluding hydrogens is 196 g/mol. The van der Waals surface area contributed by atoms with E-state index in [1.165, 1.54) is 11.1 Å². The van der Waals surface area contributed by atoms with Crippen molar-refractivity contribution in [2.45, 2.75) is 13.5 Å². The minimum Gasteiger partial charge on any atom is -0.399 e. The first-order valence-corrected chi connectivity index (χ1v) is 5.39. The zero-order valence-corrected chi connectivity index (χ0v) is 9.40. The summed E-state index contributed by atoms with van der Waals surface area (Å²) < 4.78 is 0. The van der Waals surface area contributed by atoms with Crippen molar-refractivity contribution in [1.82, 2.24) is 0 Å². The summed E-state index contributed by atoms with van der Waals surface area (Å²) in [6.07, 6.45) is 0. The van der Waals surface area contributed by atoms with Gasteiger partial charge >= 0.3 is 0 Å². The zero-order chi connectivity index (χ0) is 11.4. The van der Waals surface area contributed by atoms with Gasteiger partial charge in [-0.2, -0.15) is 0 Å². The SMILES string of the molecule is Cc1ccc(CNc2cccc(N)c2)cc1. The van der Waals surface area contributed by atoms with Crippen LogP contribution in [0.25, 0.3) is 0 Å². The number of benzene rings is 2. The molecule has 82 valence electrons. The average molecular weight is 212 g/mol. The summed E-state index contributed by atoms with van der Waals surface area (Å²) in [6, 6.07) is 16.3. The van der Waals surface area contributed by atoms with Gasteiger partial charge in [-0.3, -0.25) is 0 Å². The summed E-state index contributed by atoms with van der Waals surface area (Å²) in [7, 11) is 0. The van der Waals surface area contributed by atoms with Crippen molar-refractivity contribution in [3.63, 3.8) is 0 Å². The molecule has 0 amide bonds. The maximum atomic E-state index is 5.71. The second kappa shape index (κ2) is 4.71. The molecule has 0 atom stereocenters. The number of nitrogen functional groups attached to an aromatic ring is 1. The van der Waals surface area contributed by atoms with Crippen molar-refractivity contribution < 1.29 is 0 Å². The largest absolute Gasteiger partial charge is 0.399 e. The molecule has 2 heteroatoms. The van der Waals surface area contributed by atoms with Gasteiger partial charge in [0.05, 0.1) is 0 Å². The molecule has 0 aliphatic rings. The molecule has 0 unspecified atom stereocenters. The van der Waals surface area contributed by atoms with E-state index in [1.807, 2.05) is 24.3 Å². The molecule has 0 bridgehead atoms. The number of nitrogens with one attached hydrogen (secondary N) is 1. The molecule has 2 nitrogen and oxygen atoms in total. The quantitative estimate of drug-likeness (QED) is 0.767. The molecule has 0 aromatic heterocycles. The molecule has 2 rings (SSSR count). The van der Waals surface area contributed by atoms with E-state index in [0.717, 1.165) is 17.9 Å². The molecule has 0 heterocycles. The Morgan fingerprint density at radius 3 is 2.50 bits per heavy atom. The summed E-state index contributed by atoms with van der Waals surface area (Å²) in [5.41, 5.74) is 10.1. The monoisotopic (exact) mass is 212 g/mol. The van der Waals surface area contributed by atoms with Crippen LogP contribution < -0.4 is 11.1 Å². The fourth-order valence-electron chi connectivity index (χ4n) is 1.56. The second-order valence-electron chi connectivity index (χ2n) is 3.96. The summed E-state index contributed by atoms with van der Waals surface area (Å²) in [5, 5.41) is 3.34. The van der Waals surface area contributed by atoms with Gasteiger partial charge in [0, 0.05) is 17.9 Å². The van der Waals surface area contributed by atoms with Crippen molar-refractivity contribution in [3.05, 3.63) is 59.7 Å². The third kappa shape index (κ3) is 2.76. The standard InChI is InChI=1S/C14H16N2/c1-11-5-7-12(8-6-11)10-16-14-4-2-3-13(15)9-14/h2-9,16H,10,15H2,1H3. The van der Waals surface area contributed by atoms with Crippen LogP contribution in [0.5, 0.6) is 0 Å². The molecule has 0 radical (unpaired) electrons. The lowest BCUT2D eigenvalue weighted by Crippen LogP contribution is -1.99. The highest BCUT2D eigenvalue weighted by molar-refractivity contribution is 5.54. The average Bonchev–Trinajstić information content (AvgIpc) is 2.28. The molecule has 0 spiro atoms. The van der Waals surface area contributed by atoms with Crippen LogP contribution in [-0.4, -0.2) is 0 Å². The fraction of sp³-hybridized carbons (Fsp3) is 0.143. The van der Waals surface area contributed by atoms with E-state index in [0.29, 0.717) is 0 Å². The Hall–Kier alpha value is -1.96. The molecule has 0 aliphatic heterocycles. The van der Waals surface area contributed by atoms with Crippen LogP contribution in [0.15, 0.2) is 48.5 Å². The predicted molar refractivity (Wildman–Crippen MR) is 69.4 cm³/mol. The van der Waals surface area contributed by atoms with E-state index in [9.17, 15) is 0 Å². The Labute approximate surface area is 96.1 Å². The van der Waals surface area contributed by atoms with Crippen LogP contribution in [0, 0.1) is 6.92 Å². The summed E-state index contributed by atoms with van der Waals surface area (Å²) in [5.74, 6) is 0. The maximum Gasteiger partial charge on any atom is 0.0400 e. The van der Waals surface area contributed by atoms with Crippen molar-refractivity contribution in [1.29, 1.82) is 0 Å². The minimum absolute atomic E-state index is 0.786. The topological polar surface area (TPSA) is 38.0 Å². The number of nitrogens with two attached hydrogens (primary N) is 1. The van der Waals surface area contributed by atoms with E-state index >= 15 is 0 Å². The van der Waals surface area contributed by atoms with Crippen molar-refractivity contribution in [3.8, 4) is 0 Å². The van der Waals surface area contributed by atoms with Gasteiger partial charge in [-0.25, -0.2) is 0 Å². The highest BCUT2D eigenvalue weighted by Gasteiger charge is 1.94. The Kier molecular flexibility index (Phi) is 3.10. The summed E-state index contributed by atoms with van der Waals surface area (Å²) in [6.45, 7) is 2.92. The first kappa shape index (κ1) is 10.6. The van der Waals surface area contributed by atoms with Gasteiger partial charge in [-0.15, -0.1) is 0 Å². The number of hydrogen-bond acceptors (Lipinski definition) is 2. The molecule has 3 N–H and O–H groups in total. The van der Waals surface area contributed by atoms with E-state index in [-0.39, 0.29) is 0 Å². The third-order valence-electron chi connectivity index (χ3n) is 2.50. The number of aryl methyl sites for hydroxylation is 1. The normalized spacial score (nSPS) is 10.1. The van der Waals surface area contributed by atoms with Crippen LogP contribution in [0.2, 0.25) is 0 Å². The predicted octanol–water partition coefficient (Wildman–Crippen LogP) is 3.19. The van der Waals surface area contributed by atoms with Crippen molar-refractivity contribution in [2.24, 2.45) is 0 Å². The summed E-state index contributed by atoms with van der Waals surface area (Å²) >= 11 is 0. The smallest absolute Gasteiger partial charge is 0.0400 e. The summed E-state index contributed by atoms with van der Waals surface area (Å²) in [4.78, 5) is 0. The van der Waals surface area contributed by atoms with Crippen LogP contribution >= 0.6 is 0 Å². The molecular formula is C14H16N2. The molecule has 0 saturated carbocycles. The second-order valence-corrected chi connectivity index (χ2v) is 3.96. The van der Waals surface area contributed by atoms with E-state index in [2.05, 4.69) is 36.5 Å². The molecule has 0 aliphatic carbocycles. The first-order valence-electron chi connectivity index (χ1n) is 5.39. The lowest BCUT2D eigenvalue weighted by Gasteiger charge is -2.07. The first-order chi connectivity index (χ1) is 7.74. The molecule has 16 heavy (non-hydrogen) atoms. The Balaban J connectivity index is 1.99. The van der Waals surface area contributed by atoms with E-state index < -0.39 is 0 Å². The molecule has 0 saturated heterocycles. The lowest BCUT2D eigenvalue weighted by atomic mass is 10.1. The lowest BCUT2D eigenvalue weighted by molar-refractivity contribution is 1.14. The Morgan fingerprint density at radius 1 is 1.06 bits per heavy atom. The van der Waals surface area contributed by atoms with Gasteiger partial charge in [0.15, 0.2) is 0 Å². The van der Waals surface area contributed by atoms with Crippen LogP contribution in [-0.2, 0) is 6.54 Å². The Bertz CT molecular complexity index is 460. The van der Waals surface area contributed by atoms with E-state index in [4.69, 9.17) is 5.73 Å². The number of hydrogen-bond donors (Lipinski definition) is 2. The fourth-order valence-corrected chi connectivity index (χ4v) is 1.56. The van der Waals surface area contributed by atoms with Gasteiger partial charge in [-0.1, -0.05) is 35.9 Å². The Morgan fingerprint density at radius 2 is 1.81 bits per heavy atom. The number of rotatable bonds is 3. The van der Waals surface area contributed by atoms with Crippen LogP contribution in [0.3, 0.4) is 0 Å². The van der Waals surface area contributed by atoms with Gasteiger partial charge in [0.25, 0.3) is 0 Å². The highest BCUT2D eigenvalue weighted by atomic mass is 14.9.